The van der Waals surface area contributed by atoms with Gasteiger partial charge < -0.3 is 15.2 Å². The summed E-state index contributed by atoms with van der Waals surface area (Å²) < 4.78 is 19.0. The van der Waals surface area contributed by atoms with Crippen LogP contribution in [-0.2, 0) is 6.42 Å². The van der Waals surface area contributed by atoms with Gasteiger partial charge in [0.2, 0.25) is 0 Å². The van der Waals surface area contributed by atoms with Crippen molar-refractivity contribution < 1.29 is 14.2 Å². The molecule has 0 bridgehead atoms. The lowest BCUT2D eigenvalue weighted by Crippen LogP contribution is -2.50. The van der Waals surface area contributed by atoms with E-state index in [1.807, 2.05) is 6.92 Å². The van der Waals surface area contributed by atoms with Crippen LogP contribution in [0.3, 0.4) is 0 Å². The molecule has 1 heterocycles. The maximum atomic E-state index is 14.1. The maximum absolute atomic E-state index is 14.1. The zero-order valence-corrected chi connectivity index (χ0v) is 10.9. The van der Waals surface area contributed by atoms with Gasteiger partial charge in [-0.3, -0.25) is 0 Å². The Morgan fingerprint density at radius 2 is 2.33 bits per heavy atom. The van der Waals surface area contributed by atoms with Crippen molar-refractivity contribution in [1.82, 2.24) is 5.32 Å². The highest BCUT2D eigenvalue weighted by molar-refractivity contribution is 5.32. The van der Waals surface area contributed by atoms with Gasteiger partial charge in [0, 0.05) is 13.0 Å². The lowest BCUT2D eigenvalue weighted by molar-refractivity contribution is -0.0335. The van der Waals surface area contributed by atoms with Gasteiger partial charge in [0.25, 0.3) is 0 Å². The molecule has 1 fully saturated rings. The van der Waals surface area contributed by atoms with Gasteiger partial charge in [0.1, 0.15) is 0 Å². The SMILES string of the molecule is COc1cccc(CC2(O)CCNCC2C)c1F. The van der Waals surface area contributed by atoms with Crippen LogP contribution in [0.15, 0.2) is 18.2 Å². The molecule has 2 rings (SSSR count). The minimum atomic E-state index is -0.835. The van der Waals surface area contributed by atoms with Crippen molar-refractivity contribution in [3.8, 4) is 5.75 Å². The van der Waals surface area contributed by atoms with E-state index in [1.54, 1.807) is 18.2 Å². The predicted molar refractivity (Wildman–Crippen MR) is 68.3 cm³/mol. The molecule has 0 aromatic heterocycles. The maximum Gasteiger partial charge on any atom is 0.168 e. The fourth-order valence-corrected chi connectivity index (χ4v) is 2.50. The largest absolute Gasteiger partial charge is 0.494 e. The Balaban J connectivity index is 2.22. The summed E-state index contributed by atoms with van der Waals surface area (Å²) in [6.07, 6.45) is 0.976. The Morgan fingerprint density at radius 3 is 3.00 bits per heavy atom. The summed E-state index contributed by atoms with van der Waals surface area (Å²) >= 11 is 0. The van der Waals surface area contributed by atoms with Crippen LogP contribution in [0.25, 0.3) is 0 Å². The van der Waals surface area contributed by atoms with Gasteiger partial charge in [-0.1, -0.05) is 19.1 Å². The van der Waals surface area contributed by atoms with Crippen molar-refractivity contribution in [2.45, 2.75) is 25.4 Å². The highest BCUT2D eigenvalue weighted by Gasteiger charge is 2.36. The number of benzene rings is 1. The average Bonchev–Trinajstić information content (AvgIpc) is 2.36. The topological polar surface area (TPSA) is 41.5 Å². The minimum Gasteiger partial charge on any atom is -0.494 e. The van der Waals surface area contributed by atoms with Gasteiger partial charge in [-0.15, -0.1) is 0 Å². The number of hydrogen-bond donors (Lipinski definition) is 2. The number of aliphatic hydroxyl groups is 1. The van der Waals surface area contributed by atoms with E-state index in [-0.39, 0.29) is 17.5 Å². The summed E-state index contributed by atoms with van der Waals surface area (Å²) in [5.41, 5.74) is -0.316. The molecule has 18 heavy (non-hydrogen) atoms. The van der Waals surface area contributed by atoms with Crippen LogP contribution < -0.4 is 10.1 Å². The highest BCUT2D eigenvalue weighted by atomic mass is 19.1. The Morgan fingerprint density at radius 1 is 1.56 bits per heavy atom. The third kappa shape index (κ3) is 2.49. The minimum absolute atomic E-state index is 0.108. The van der Waals surface area contributed by atoms with Gasteiger partial charge in [-0.25, -0.2) is 4.39 Å². The van der Waals surface area contributed by atoms with Crippen LogP contribution in [0.4, 0.5) is 4.39 Å². The van der Waals surface area contributed by atoms with E-state index < -0.39 is 5.60 Å². The number of methoxy groups -OCH3 is 1. The third-order valence-corrected chi connectivity index (χ3v) is 3.86. The molecule has 2 atom stereocenters. The van der Waals surface area contributed by atoms with Crippen molar-refractivity contribution in [2.75, 3.05) is 20.2 Å². The van der Waals surface area contributed by atoms with Gasteiger partial charge in [-0.2, -0.15) is 0 Å². The fraction of sp³-hybridized carbons (Fsp3) is 0.571. The summed E-state index contributed by atoms with van der Waals surface area (Å²) in [5, 5.41) is 13.9. The second kappa shape index (κ2) is 5.24. The first-order valence-electron chi connectivity index (χ1n) is 6.31. The lowest BCUT2D eigenvalue weighted by atomic mass is 9.78. The number of nitrogens with one attached hydrogen (secondary N) is 1. The molecule has 1 aliphatic rings. The second-order valence-corrected chi connectivity index (χ2v) is 5.07. The second-order valence-electron chi connectivity index (χ2n) is 5.07. The fourth-order valence-electron chi connectivity index (χ4n) is 2.50. The quantitative estimate of drug-likeness (QED) is 0.862. The Kier molecular flexibility index (Phi) is 3.88. The van der Waals surface area contributed by atoms with Crippen molar-refractivity contribution in [2.24, 2.45) is 5.92 Å². The summed E-state index contributed by atoms with van der Waals surface area (Å²) in [7, 11) is 1.45. The summed E-state index contributed by atoms with van der Waals surface area (Å²) in [6.45, 7) is 3.53. The van der Waals surface area contributed by atoms with E-state index >= 15 is 0 Å². The molecule has 3 nitrogen and oxygen atoms in total. The highest BCUT2D eigenvalue weighted by Crippen LogP contribution is 2.31. The predicted octanol–water partition coefficient (Wildman–Crippen LogP) is 1.74. The molecule has 1 aromatic carbocycles. The molecule has 0 radical (unpaired) electrons. The first-order chi connectivity index (χ1) is 8.57. The molecule has 1 saturated heterocycles. The molecule has 1 aliphatic heterocycles. The van der Waals surface area contributed by atoms with Crippen molar-refractivity contribution in [1.29, 1.82) is 0 Å². The number of rotatable bonds is 3. The molecule has 0 saturated carbocycles. The molecule has 4 heteroatoms. The van der Waals surface area contributed by atoms with E-state index in [1.165, 1.54) is 7.11 Å². The van der Waals surface area contributed by atoms with Crippen molar-refractivity contribution >= 4 is 0 Å². The zero-order valence-electron chi connectivity index (χ0n) is 10.9. The molecule has 1 aromatic rings. The van der Waals surface area contributed by atoms with Gasteiger partial charge in [-0.05, 0) is 30.5 Å². The van der Waals surface area contributed by atoms with Crippen molar-refractivity contribution in [3.63, 3.8) is 0 Å². The van der Waals surface area contributed by atoms with Crippen LogP contribution in [-0.4, -0.2) is 30.9 Å². The number of hydrogen-bond acceptors (Lipinski definition) is 3. The van der Waals surface area contributed by atoms with Crippen LogP contribution in [0.1, 0.15) is 18.9 Å². The number of piperidine rings is 1. The third-order valence-electron chi connectivity index (χ3n) is 3.86. The number of ether oxygens (including phenoxy) is 1. The van der Waals surface area contributed by atoms with E-state index in [4.69, 9.17) is 4.74 Å². The lowest BCUT2D eigenvalue weighted by Gasteiger charge is -2.38. The van der Waals surface area contributed by atoms with Crippen molar-refractivity contribution in [3.05, 3.63) is 29.6 Å². The number of halogens is 1. The molecule has 2 N–H and O–H groups in total. The molecular formula is C14H20FNO2. The summed E-state index contributed by atoms with van der Waals surface area (Å²) in [5.74, 6) is -0.0197. The standard InChI is InChI=1S/C14H20FNO2/c1-10-9-16-7-6-14(10,17)8-11-4-3-5-12(18-2)13(11)15/h3-5,10,16-17H,6-9H2,1-2H3. The normalized spacial score (nSPS) is 28.1. The molecular weight excluding hydrogens is 233 g/mol. The van der Waals surface area contributed by atoms with Crippen LogP contribution in [0.5, 0.6) is 5.75 Å². The van der Waals surface area contributed by atoms with Gasteiger partial charge in [0.15, 0.2) is 11.6 Å². The Labute approximate surface area is 107 Å². The molecule has 0 spiro atoms. The Bertz CT molecular complexity index is 424. The smallest absolute Gasteiger partial charge is 0.168 e. The van der Waals surface area contributed by atoms with Gasteiger partial charge in [0.05, 0.1) is 12.7 Å². The van der Waals surface area contributed by atoms with Crippen LogP contribution in [0, 0.1) is 11.7 Å². The molecule has 0 amide bonds. The zero-order chi connectivity index (χ0) is 13.2. The van der Waals surface area contributed by atoms with E-state index in [0.29, 0.717) is 18.4 Å². The van der Waals surface area contributed by atoms with Crippen LogP contribution >= 0.6 is 0 Å². The monoisotopic (exact) mass is 253 g/mol. The summed E-state index contributed by atoms with van der Waals surface area (Å²) in [4.78, 5) is 0. The average molecular weight is 253 g/mol. The van der Waals surface area contributed by atoms with E-state index in [9.17, 15) is 9.50 Å². The Hall–Kier alpha value is -1.13. The molecule has 0 aliphatic carbocycles. The molecule has 2 unspecified atom stereocenters. The first-order valence-corrected chi connectivity index (χ1v) is 6.31. The summed E-state index contributed by atoms with van der Waals surface area (Å²) in [6, 6.07) is 5.06. The van der Waals surface area contributed by atoms with E-state index in [2.05, 4.69) is 5.32 Å². The van der Waals surface area contributed by atoms with Gasteiger partial charge >= 0.3 is 0 Å². The van der Waals surface area contributed by atoms with E-state index in [0.717, 1.165) is 13.1 Å². The molecule has 100 valence electrons. The first kappa shape index (κ1) is 13.3. The van der Waals surface area contributed by atoms with Crippen LogP contribution in [0.2, 0.25) is 0 Å².